The number of carbonyl (C=O) groups excluding carboxylic acids is 1. The summed E-state index contributed by atoms with van der Waals surface area (Å²) in [6.07, 6.45) is 5.15. The molecular formula is C14H22Cl2N4O2. The van der Waals surface area contributed by atoms with Crippen LogP contribution in [0, 0.1) is 12.8 Å². The molecule has 2 aromatic rings. The molecule has 2 heterocycles. The Morgan fingerprint density at radius 2 is 2.23 bits per heavy atom. The molecule has 1 amide bonds. The van der Waals surface area contributed by atoms with E-state index in [0.717, 1.165) is 12.4 Å². The third kappa shape index (κ3) is 5.36. The van der Waals surface area contributed by atoms with Gasteiger partial charge in [-0.1, -0.05) is 6.92 Å². The first-order chi connectivity index (χ1) is 9.60. The molecule has 0 aromatic carbocycles. The van der Waals surface area contributed by atoms with E-state index in [1.54, 1.807) is 12.3 Å². The molecule has 0 bridgehead atoms. The number of furan rings is 1. The van der Waals surface area contributed by atoms with Crippen LogP contribution in [0.4, 0.5) is 0 Å². The van der Waals surface area contributed by atoms with E-state index in [1.165, 1.54) is 6.26 Å². The minimum Gasteiger partial charge on any atom is -0.467 e. The van der Waals surface area contributed by atoms with Crippen molar-refractivity contribution in [2.75, 3.05) is 6.54 Å². The highest BCUT2D eigenvalue weighted by Crippen LogP contribution is 2.07. The van der Waals surface area contributed by atoms with Crippen molar-refractivity contribution in [1.82, 2.24) is 14.9 Å². The van der Waals surface area contributed by atoms with Gasteiger partial charge < -0.3 is 20.0 Å². The van der Waals surface area contributed by atoms with Crippen LogP contribution in [0.3, 0.4) is 0 Å². The van der Waals surface area contributed by atoms with Crippen molar-refractivity contribution in [1.29, 1.82) is 0 Å². The van der Waals surface area contributed by atoms with Crippen LogP contribution in [0.5, 0.6) is 0 Å². The molecule has 0 aliphatic rings. The highest BCUT2D eigenvalue weighted by Gasteiger charge is 2.11. The molecule has 6 nitrogen and oxygen atoms in total. The quantitative estimate of drug-likeness (QED) is 0.837. The summed E-state index contributed by atoms with van der Waals surface area (Å²) < 4.78 is 7.22. The molecule has 0 saturated heterocycles. The van der Waals surface area contributed by atoms with Crippen LogP contribution in [0.2, 0.25) is 0 Å². The number of imidazole rings is 1. The molecule has 0 spiro atoms. The molecule has 124 valence electrons. The average molecular weight is 349 g/mol. The predicted molar refractivity (Wildman–Crippen MR) is 89.6 cm³/mol. The van der Waals surface area contributed by atoms with Crippen molar-refractivity contribution in [3.05, 3.63) is 41.9 Å². The standard InChI is InChI=1S/C14H20N4O2.2ClH/c1-10(8-18-4-3-16-11(18)2)7-17-14(19)12-5-13(6-15)20-9-12;;/h3-5,9-10H,6-8,15H2,1-2H3,(H,17,19);2*1H. The summed E-state index contributed by atoms with van der Waals surface area (Å²) in [4.78, 5) is 16.1. The molecule has 2 rings (SSSR count). The lowest BCUT2D eigenvalue weighted by atomic mass is 10.1. The minimum atomic E-state index is -0.136. The Balaban J connectivity index is 0.00000220. The summed E-state index contributed by atoms with van der Waals surface area (Å²) in [6, 6.07) is 1.67. The predicted octanol–water partition coefficient (Wildman–Crippen LogP) is 2.15. The Morgan fingerprint density at radius 1 is 1.50 bits per heavy atom. The minimum absolute atomic E-state index is 0. The lowest BCUT2D eigenvalue weighted by Gasteiger charge is -2.14. The summed E-state index contributed by atoms with van der Waals surface area (Å²) >= 11 is 0. The lowest BCUT2D eigenvalue weighted by Crippen LogP contribution is -2.29. The van der Waals surface area contributed by atoms with Gasteiger partial charge in [0.25, 0.3) is 5.91 Å². The number of aromatic nitrogens is 2. The molecule has 1 unspecified atom stereocenters. The number of amides is 1. The van der Waals surface area contributed by atoms with Crippen LogP contribution in [-0.2, 0) is 13.1 Å². The number of halogens is 2. The molecule has 22 heavy (non-hydrogen) atoms. The SMILES string of the molecule is Cc1nccn1CC(C)CNC(=O)c1coc(CN)c1.Cl.Cl. The number of nitrogens with one attached hydrogen (secondary N) is 1. The molecule has 1 atom stereocenters. The van der Waals surface area contributed by atoms with Crippen LogP contribution in [0.25, 0.3) is 0 Å². The highest BCUT2D eigenvalue weighted by molar-refractivity contribution is 5.93. The van der Waals surface area contributed by atoms with Crippen LogP contribution >= 0.6 is 24.8 Å². The third-order valence-corrected chi connectivity index (χ3v) is 3.16. The van der Waals surface area contributed by atoms with Gasteiger partial charge >= 0.3 is 0 Å². The second-order valence-corrected chi connectivity index (χ2v) is 4.95. The summed E-state index contributed by atoms with van der Waals surface area (Å²) in [5.41, 5.74) is 5.95. The highest BCUT2D eigenvalue weighted by atomic mass is 35.5. The topological polar surface area (TPSA) is 86.1 Å². The van der Waals surface area contributed by atoms with Gasteiger partial charge in [0.05, 0.1) is 12.1 Å². The van der Waals surface area contributed by atoms with Crippen molar-refractivity contribution in [3.8, 4) is 0 Å². The zero-order valence-electron chi connectivity index (χ0n) is 12.6. The molecule has 0 aliphatic carbocycles. The first-order valence-electron chi connectivity index (χ1n) is 6.63. The molecule has 0 aliphatic heterocycles. The lowest BCUT2D eigenvalue weighted by molar-refractivity contribution is 0.0946. The Hall–Kier alpha value is -1.50. The van der Waals surface area contributed by atoms with Gasteiger partial charge in [-0.2, -0.15) is 0 Å². The second-order valence-electron chi connectivity index (χ2n) is 4.95. The molecule has 0 radical (unpaired) electrons. The fraction of sp³-hybridized carbons (Fsp3) is 0.429. The largest absolute Gasteiger partial charge is 0.467 e. The number of hydrogen-bond acceptors (Lipinski definition) is 4. The van der Waals surface area contributed by atoms with E-state index in [4.69, 9.17) is 10.2 Å². The van der Waals surface area contributed by atoms with E-state index in [0.29, 0.717) is 30.3 Å². The fourth-order valence-corrected chi connectivity index (χ4v) is 1.97. The average Bonchev–Trinajstić information content (AvgIpc) is 3.06. The van der Waals surface area contributed by atoms with Crippen molar-refractivity contribution in [3.63, 3.8) is 0 Å². The van der Waals surface area contributed by atoms with E-state index in [1.807, 2.05) is 13.1 Å². The molecule has 3 N–H and O–H groups in total. The number of rotatable bonds is 6. The Kier molecular flexibility index (Phi) is 8.86. The van der Waals surface area contributed by atoms with Crippen LogP contribution < -0.4 is 11.1 Å². The van der Waals surface area contributed by atoms with Crippen molar-refractivity contribution < 1.29 is 9.21 Å². The number of carbonyl (C=O) groups is 1. The van der Waals surface area contributed by atoms with E-state index < -0.39 is 0 Å². The van der Waals surface area contributed by atoms with Gasteiger partial charge in [-0.15, -0.1) is 24.8 Å². The first-order valence-corrected chi connectivity index (χ1v) is 6.63. The Labute approximate surface area is 142 Å². The smallest absolute Gasteiger partial charge is 0.254 e. The van der Waals surface area contributed by atoms with Crippen LogP contribution in [0.1, 0.15) is 28.9 Å². The van der Waals surface area contributed by atoms with Crippen LogP contribution in [-0.4, -0.2) is 22.0 Å². The summed E-state index contributed by atoms with van der Waals surface area (Å²) in [5, 5.41) is 2.89. The Bertz CT molecular complexity index is 583. The summed E-state index contributed by atoms with van der Waals surface area (Å²) in [5.74, 6) is 1.76. The maximum Gasteiger partial charge on any atom is 0.254 e. The number of nitrogens with two attached hydrogens (primary N) is 1. The zero-order valence-corrected chi connectivity index (χ0v) is 14.2. The third-order valence-electron chi connectivity index (χ3n) is 3.16. The van der Waals surface area contributed by atoms with Crippen molar-refractivity contribution in [2.45, 2.75) is 26.9 Å². The maximum atomic E-state index is 11.9. The summed E-state index contributed by atoms with van der Waals surface area (Å²) in [7, 11) is 0. The van der Waals surface area contributed by atoms with Crippen molar-refractivity contribution >= 4 is 30.7 Å². The molecule has 8 heteroatoms. The van der Waals surface area contributed by atoms with Gasteiger partial charge in [-0.25, -0.2) is 4.98 Å². The molecular weight excluding hydrogens is 327 g/mol. The molecule has 2 aromatic heterocycles. The van der Waals surface area contributed by atoms with E-state index in [9.17, 15) is 4.79 Å². The first kappa shape index (κ1) is 20.5. The monoisotopic (exact) mass is 348 g/mol. The van der Waals surface area contributed by atoms with Gasteiger partial charge in [0, 0.05) is 25.5 Å². The number of hydrogen-bond donors (Lipinski definition) is 2. The fourth-order valence-electron chi connectivity index (χ4n) is 1.97. The zero-order chi connectivity index (χ0) is 14.5. The number of aryl methyl sites for hydroxylation is 1. The van der Waals surface area contributed by atoms with E-state index in [2.05, 4.69) is 21.8 Å². The second kappa shape index (κ2) is 9.50. The van der Waals surface area contributed by atoms with E-state index >= 15 is 0 Å². The summed E-state index contributed by atoms with van der Waals surface area (Å²) in [6.45, 7) is 5.76. The van der Waals surface area contributed by atoms with E-state index in [-0.39, 0.29) is 30.7 Å². The van der Waals surface area contributed by atoms with Gasteiger partial charge in [-0.3, -0.25) is 4.79 Å². The normalized spacial score (nSPS) is 11.2. The van der Waals surface area contributed by atoms with Gasteiger partial charge in [0.2, 0.25) is 0 Å². The van der Waals surface area contributed by atoms with Gasteiger partial charge in [0.1, 0.15) is 17.8 Å². The van der Waals surface area contributed by atoms with Gasteiger partial charge in [-0.05, 0) is 18.9 Å². The molecule has 0 fully saturated rings. The van der Waals surface area contributed by atoms with Gasteiger partial charge in [0.15, 0.2) is 0 Å². The number of nitrogens with zero attached hydrogens (tertiary/aromatic N) is 2. The molecule has 0 saturated carbocycles. The Morgan fingerprint density at radius 3 is 2.77 bits per heavy atom. The maximum absolute atomic E-state index is 11.9. The van der Waals surface area contributed by atoms with Crippen LogP contribution in [0.15, 0.2) is 29.1 Å². The van der Waals surface area contributed by atoms with Crippen molar-refractivity contribution in [2.24, 2.45) is 11.7 Å².